The fourth-order valence-electron chi connectivity index (χ4n) is 4.01. The van der Waals surface area contributed by atoms with E-state index >= 15 is 0 Å². The molecule has 1 aliphatic heterocycles. The standard InChI is InChI=1S/C23H27N3OS/c1-16-7-8-21-22(11-16)28-23(24-21)26-14-17(2)25(13-18(26)3)15-20-6-4-5-19(12-20)9-10-27/h4-8,10-12,17-18H,9,13-15H2,1-3H3. The summed E-state index contributed by atoms with van der Waals surface area (Å²) >= 11 is 1.80. The van der Waals surface area contributed by atoms with E-state index < -0.39 is 0 Å². The van der Waals surface area contributed by atoms with Gasteiger partial charge in [-0.1, -0.05) is 41.7 Å². The van der Waals surface area contributed by atoms with Crippen molar-refractivity contribution in [1.82, 2.24) is 9.88 Å². The minimum Gasteiger partial charge on any atom is -0.343 e. The molecular weight excluding hydrogens is 366 g/mol. The Morgan fingerprint density at radius 1 is 1.11 bits per heavy atom. The van der Waals surface area contributed by atoms with Crippen molar-refractivity contribution in [3.8, 4) is 0 Å². The van der Waals surface area contributed by atoms with E-state index in [9.17, 15) is 4.79 Å². The molecule has 1 saturated heterocycles. The van der Waals surface area contributed by atoms with Crippen LogP contribution < -0.4 is 4.90 Å². The zero-order valence-electron chi connectivity index (χ0n) is 16.8. The number of carbonyl (C=O) groups is 1. The molecule has 3 aromatic rings. The van der Waals surface area contributed by atoms with Gasteiger partial charge in [-0.25, -0.2) is 4.98 Å². The number of aryl methyl sites for hydroxylation is 1. The number of aldehydes is 1. The van der Waals surface area contributed by atoms with Gasteiger partial charge < -0.3 is 9.69 Å². The number of thiazole rings is 1. The fourth-order valence-corrected chi connectivity index (χ4v) is 5.19. The number of anilines is 1. The molecule has 0 radical (unpaired) electrons. The van der Waals surface area contributed by atoms with Crippen LogP contribution in [-0.2, 0) is 17.8 Å². The van der Waals surface area contributed by atoms with Gasteiger partial charge in [0.25, 0.3) is 0 Å². The Kier molecular flexibility index (Phi) is 5.47. The molecule has 0 aliphatic carbocycles. The minimum absolute atomic E-state index is 0.413. The van der Waals surface area contributed by atoms with E-state index in [4.69, 9.17) is 4.98 Å². The number of nitrogens with zero attached hydrogens (tertiary/aromatic N) is 3. The number of carbonyl (C=O) groups excluding carboxylic acids is 1. The monoisotopic (exact) mass is 393 g/mol. The number of benzene rings is 2. The predicted molar refractivity (Wildman–Crippen MR) is 117 cm³/mol. The lowest BCUT2D eigenvalue weighted by atomic mass is 10.1. The van der Waals surface area contributed by atoms with Gasteiger partial charge in [0.05, 0.1) is 10.2 Å². The highest BCUT2D eigenvalue weighted by molar-refractivity contribution is 7.22. The van der Waals surface area contributed by atoms with Crippen molar-refractivity contribution in [1.29, 1.82) is 0 Å². The van der Waals surface area contributed by atoms with Gasteiger partial charge in [-0.3, -0.25) is 4.90 Å². The van der Waals surface area contributed by atoms with Crippen LogP contribution in [0.5, 0.6) is 0 Å². The first-order valence-electron chi connectivity index (χ1n) is 9.93. The number of aromatic nitrogens is 1. The van der Waals surface area contributed by atoms with Gasteiger partial charge in [0, 0.05) is 38.1 Å². The normalized spacial score (nSPS) is 20.6. The summed E-state index contributed by atoms with van der Waals surface area (Å²) in [5, 5.41) is 1.13. The van der Waals surface area contributed by atoms with Crippen LogP contribution in [0.15, 0.2) is 42.5 Å². The van der Waals surface area contributed by atoms with Gasteiger partial charge in [0.15, 0.2) is 5.13 Å². The lowest BCUT2D eigenvalue weighted by Crippen LogP contribution is -2.56. The molecule has 2 unspecified atom stereocenters. The number of rotatable bonds is 5. The van der Waals surface area contributed by atoms with Gasteiger partial charge in [0.1, 0.15) is 6.29 Å². The topological polar surface area (TPSA) is 36.4 Å². The van der Waals surface area contributed by atoms with Crippen molar-refractivity contribution in [3.05, 3.63) is 59.2 Å². The molecule has 146 valence electrons. The summed E-state index contributed by atoms with van der Waals surface area (Å²) in [6.45, 7) is 9.63. The van der Waals surface area contributed by atoms with E-state index in [0.717, 1.165) is 42.1 Å². The van der Waals surface area contributed by atoms with Crippen molar-refractivity contribution in [2.45, 2.75) is 45.8 Å². The lowest BCUT2D eigenvalue weighted by Gasteiger charge is -2.44. The molecule has 4 rings (SSSR count). The second-order valence-electron chi connectivity index (χ2n) is 7.94. The second kappa shape index (κ2) is 8.02. The van der Waals surface area contributed by atoms with Crippen LogP contribution in [0, 0.1) is 6.92 Å². The Hall–Kier alpha value is -2.24. The van der Waals surface area contributed by atoms with Gasteiger partial charge in [0.2, 0.25) is 0 Å². The van der Waals surface area contributed by atoms with E-state index in [-0.39, 0.29) is 0 Å². The highest BCUT2D eigenvalue weighted by Gasteiger charge is 2.30. The first-order valence-corrected chi connectivity index (χ1v) is 10.7. The molecular formula is C23H27N3OS. The quantitative estimate of drug-likeness (QED) is 0.600. The Labute approximate surface area is 170 Å². The minimum atomic E-state index is 0.413. The largest absolute Gasteiger partial charge is 0.343 e. The van der Waals surface area contributed by atoms with Gasteiger partial charge in [-0.15, -0.1) is 0 Å². The van der Waals surface area contributed by atoms with Crippen molar-refractivity contribution in [2.24, 2.45) is 0 Å². The van der Waals surface area contributed by atoms with Crippen LogP contribution >= 0.6 is 11.3 Å². The summed E-state index contributed by atoms with van der Waals surface area (Å²) < 4.78 is 1.27. The van der Waals surface area contributed by atoms with Crippen LogP contribution in [-0.4, -0.2) is 41.3 Å². The molecule has 5 heteroatoms. The lowest BCUT2D eigenvalue weighted by molar-refractivity contribution is -0.107. The summed E-state index contributed by atoms with van der Waals surface area (Å²) in [4.78, 5) is 20.7. The maximum Gasteiger partial charge on any atom is 0.186 e. The molecule has 0 amide bonds. The highest BCUT2D eigenvalue weighted by Crippen LogP contribution is 2.32. The Bertz CT molecular complexity index is 983. The van der Waals surface area contributed by atoms with Crippen molar-refractivity contribution >= 4 is 33.0 Å². The number of piperazine rings is 1. The van der Waals surface area contributed by atoms with E-state index in [1.807, 2.05) is 6.07 Å². The molecule has 0 bridgehead atoms. The number of hydrogen-bond donors (Lipinski definition) is 0. The molecule has 4 nitrogen and oxygen atoms in total. The van der Waals surface area contributed by atoms with E-state index in [1.165, 1.54) is 15.8 Å². The molecule has 1 aromatic heterocycles. The zero-order valence-corrected chi connectivity index (χ0v) is 17.6. The van der Waals surface area contributed by atoms with Crippen LogP contribution in [0.25, 0.3) is 10.2 Å². The third-order valence-corrected chi connectivity index (χ3v) is 6.64. The predicted octanol–water partition coefficient (Wildman–Crippen LogP) is 4.45. The Balaban J connectivity index is 1.49. The molecule has 0 spiro atoms. The summed E-state index contributed by atoms with van der Waals surface area (Å²) in [6, 6.07) is 15.7. The van der Waals surface area contributed by atoms with E-state index in [1.54, 1.807) is 11.3 Å². The molecule has 0 saturated carbocycles. The maximum absolute atomic E-state index is 10.8. The highest BCUT2D eigenvalue weighted by atomic mass is 32.1. The van der Waals surface area contributed by atoms with Gasteiger partial charge in [-0.2, -0.15) is 0 Å². The molecule has 0 N–H and O–H groups in total. The fraction of sp³-hybridized carbons (Fsp3) is 0.391. The zero-order chi connectivity index (χ0) is 19.7. The first-order chi connectivity index (χ1) is 13.5. The van der Waals surface area contributed by atoms with E-state index in [0.29, 0.717) is 18.5 Å². The van der Waals surface area contributed by atoms with Crippen LogP contribution in [0.4, 0.5) is 5.13 Å². The molecule has 2 atom stereocenters. The molecule has 1 fully saturated rings. The van der Waals surface area contributed by atoms with Crippen LogP contribution in [0.2, 0.25) is 0 Å². The average molecular weight is 394 g/mol. The van der Waals surface area contributed by atoms with Crippen LogP contribution in [0.3, 0.4) is 0 Å². The van der Waals surface area contributed by atoms with Crippen molar-refractivity contribution in [2.75, 3.05) is 18.0 Å². The van der Waals surface area contributed by atoms with E-state index in [2.05, 4.69) is 67.0 Å². The first kappa shape index (κ1) is 19.1. The molecule has 2 aromatic carbocycles. The summed E-state index contributed by atoms with van der Waals surface area (Å²) in [7, 11) is 0. The third kappa shape index (κ3) is 3.96. The second-order valence-corrected chi connectivity index (χ2v) is 8.95. The van der Waals surface area contributed by atoms with Gasteiger partial charge >= 0.3 is 0 Å². The maximum atomic E-state index is 10.8. The third-order valence-electron chi connectivity index (χ3n) is 5.59. The van der Waals surface area contributed by atoms with Crippen LogP contribution in [0.1, 0.15) is 30.5 Å². The average Bonchev–Trinajstić information content (AvgIpc) is 3.08. The van der Waals surface area contributed by atoms with Gasteiger partial charge in [-0.05, 0) is 49.6 Å². The van der Waals surface area contributed by atoms with Crippen molar-refractivity contribution < 1.29 is 4.79 Å². The summed E-state index contributed by atoms with van der Waals surface area (Å²) in [6.07, 6.45) is 1.47. The molecule has 2 heterocycles. The summed E-state index contributed by atoms with van der Waals surface area (Å²) in [5.41, 5.74) is 4.75. The summed E-state index contributed by atoms with van der Waals surface area (Å²) in [5.74, 6) is 0. The Morgan fingerprint density at radius 3 is 2.75 bits per heavy atom. The molecule has 28 heavy (non-hydrogen) atoms. The molecule has 1 aliphatic rings. The SMILES string of the molecule is Cc1ccc2nc(N3CC(C)N(Cc4cccc(CC=O)c4)CC3C)sc2c1. The smallest absolute Gasteiger partial charge is 0.186 e. The number of hydrogen-bond acceptors (Lipinski definition) is 5. The Morgan fingerprint density at radius 2 is 1.93 bits per heavy atom. The van der Waals surface area contributed by atoms with Crippen molar-refractivity contribution in [3.63, 3.8) is 0 Å². The number of fused-ring (bicyclic) bond motifs is 1.